The molecule has 1 aliphatic heterocycles. The van der Waals surface area contributed by atoms with E-state index in [2.05, 4.69) is 0 Å². The van der Waals surface area contributed by atoms with Gasteiger partial charge in [0.15, 0.2) is 0 Å². The summed E-state index contributed by atoms with van der Waals surface area (Å²) < 4.78 is 0. The number of hydrogen-bond donors (Lipinski definition) is 1. The summed E-state index contributed by atoms with van der Waals surface area (Å²) in [4.78, 5) is 61.5. The van der Waals surface area contributed by atoms with Gasteiger partial charge in [0, 0.05) is 24.5 Å². The van der Waals surface area contributed by atoms with Crippen LogP contribution in [-0.4, -0.2) is 39.2 Å². The van der Waals surface area contributed by atoms with Crippen LogP contribution in [0.1, 0.15) is 43.6 Å². The highest BCUT2D eigenvalue weighted by Gasteiger charge is 2.37. The van der Waals surface area contributed by atoms with E-state index in [9.17, 15) is 34.6 Å². The lowest BCUT2D eigenvalue weighted by Crippen LogP contribution is -2.34. The number of rotatable bonds is 9. The predicted molar refractivity (Wildman–Crippen MR) is 92.6 cm³/mol. The molecular formula is C16H18N4O8. The zero-order chi connectivity index (χ0) is 20.8. The first-order chi connectivity index (χ1) is 13.3. The third-order valence-electron chi connectivity index (χ3n) is 4.22. The van der Waals surface area contributed by atoms with Crippen molar-refractivity contribution in [1.29, 1.82) is 0 Å². The van der Waals surface area contributed by atoms with Gasteiger partial charge in [0.05, 0.1) is 21.8 Å². The number of nitro benzene ring substituents is 2. The Morgan fingerprint density at radius 1 is 1.14 bits per heavy atom. The number of non-ortho nitro benzene ring substituents is 1. The van der Waals surface area contributed by atoms with Crippen LogP contribution in [0.5, 0.6) is 0 Å². The molecule has 1 aromatic rings. The second kappa shape index (κ2) is 8.99. The van der Waals surface area contributed by atoms with Gasteiger partial charge < -0.3 is 10.6 Å². The number of unbranched alkanes of at least 4 members (excludes halogenated alkanes) is 1. The molecular weight excluding hydrogens is 376 g/mol. The van der Waals surface area contributed by atoms with Gasteiger partial charge in [-0.15, -0.1) is 5.06 Å². The Kier molecular flexibility index (Phi) is 6.71. The van der Waals surface area contributed by atoms with E-state index in [1.165, 1.54) is 0 Å². The molecule has 0 bridgehead atoms. The topological polar surface area (TPSA) is 176 Å². The first-order valence-electron chi connectivity index (χ1n) is 8.46. The number of carbonyl (C=O) groups excluding carboxylic acids is 3. The van der Waals surface area contributed by atoms with Crippen molar-refractivity contribution in [1.82, 2.24) is 5.06 Å². The highest BCUT2D eigenvalue weighted by molar-refractivity contribution is 6.01. The number of hydroxylamine groups is 2. The Bertz CT molecular complexity index is 809. The molecule has 1 fully saturated rings. The van der Waals surface area contributed by atoms with Gasteiger partial charge in [-0.25, -0.2) is 4.79 Å². The van der Waals surface area contributed by atoms with Crippen LogP contribution >= 0.6 is 0 Å². The van der Waals surface area contributed by atoms with E-state index < -0.39 is 44.9 Å². The van der Waals surface area contributed by atoms with Crippen LogP contribution in [0.25, 0.3) is 0 Å². The van der Waals surface area contributed by atoms with Gasteiger partial charge in [0.2, 0.25) is 0 Å². The quantitative estimate of drug-likeness (QED) is 0.280. The Morgan fingerprint density at radius 2 is 1.79 bits per heavy atom. The van der Waals surface area contributed by atoms with Crippen LogP contribution in [0.3, 0.4) is 0 Å². The number of nitrogens with two attached hydrogens (primary N) is 1. The number of hydrogen-bond acceptors (Lipinski definition) is 9. The van der Waals surface area contributed by atoms with E-state index in [1.54, 1.807) is 0 Å². The summed E-state index contributed by atoms with van der Waals surface area (Å²) >= 11 is 0. The third kappa shape index (κ3) is 4.65. The molecule has 1 heterocycles. The molecule has 0 spiro atoms. The number of carbonyl (C=O) groups is 3. The maximum atomic E-state index is 12.6. The smallest absolute Gasteiger partial charge is 0.330 e. The average Bonchev–Trinajstić information content (AvgIpc) is 2.96. The normalized spacial score (nSPS) is 14.8. The first-order valence-corrected chi connectivity index (χ1v) is 8.46. The summed E-state index contributed by atoms with van der Waals surface area (Å²) in [5.74, 6) is -3.60. The fraction of sp³-hybridized carbons (Fsp3) is 0.438. The van der Waals surface area contributed by atoms with E-state index in [-0.39, 0.29) is 24.8 Å². The standard InChI is InChI=1S/C16H18N4O8/c17-8-2-1-3-12(16(23)28-18-14(21)6-7-15(18)22)11-5-4-10(19(24)25)9-13(11)20(26)27/h4-5,9,12H,1-3,6-8,17H2. The number of nitro groups is 2. The minimum Gasteiger partial charge on any atom is -0.330 e. The van der Waals surface area contributed by atoms with Crippen LogP contribution in [-0.2, 0) is 19.2 Å². The summed E-state index contributed by atoms with van der Waals surface area (Å²) in [7, 11) is 0. The fourth-order valence-electron chi connectivity index (χ4n) is 2.80. The summed E-state index contributed by atoms with van der Waals surface area (Å²) in [6, 6.07) is 2.90. The molecule has 1 aromatic carbocycles. The monoisotopic (exact) mass is 394 g/mol. The van der Waals surface area contributed by atoms with Crippen molar-refractivity contribution < 1.29 is 29.1 Å². The van der Waals surface area contributed by atoms with Gasteiger partial charge in [-0.3, -0.25) is 29.8 Å². The maximum Gasteiger partial charge on any atom is 0.340 e. The minimum atomic E-state index is -1.20. The molecule has 0 aliphatic carbocycles. The third-order valence-corrected chi connectivity index (χ3v) is 4.22. The molecule has 150 valence electrons. The van der Waals surface area contributed by atoms with E-state index in [4.69, 9.17) is 10.6 Å². The molecule has 2 N–H and O–H groups in total. The summed E-state index contributed by atoms with van der Waals surface area (Å²) in [6.45, 7) is 0.327. The van der Waals surface area contributed by atoms with Crippen molar-refractivity contribution in [3.8, 4) is 0 Å². The van der Waals surface area contributed by atoms with Crippen molar-refractivity contribution in [2.45, 2.75) is 38.0 Å². The molecule has 1 unspecified atom stereocenters. The average molecular weight is 394 g/mol. The first kappa shape index (κ1) is 20.9. The number of nitrogens with zero attached hydrogens (tertiary/aromatic N) is 3. The highest BCUT2D eigenvalue weighted by Crippen LogP contribution is 2.34. The molecule has 12 nitrogen and oxygen atoms in total. The van der Waals surface area contributed by atoms with Gasteiger partial charge in [-0.1, -0.05) is 6.42 Å². The summed E-state index contributed by atoms with van der Waals surface area (Å²) in [6.07, 6.45) is 0.826. The van der Waals surface area contributed by atoms with Gasteiger partial charge in [-0.2, -0.15) is 0 Å². The molecule has 2 amide bonds. The molecule has 12 heteroatoms. The lowest BCUT2D eigenvalue weighted by molar-refractivity contribution is -0.394. The van der Waals surface area contributed by atoms with Crippen molar-refractivity contribution in [3.05, 3.63) is 44.0 Å². The van der Waals surface area contributed by atoms with E-state index >= 15 is 0 Å². The van der Waals surface area contributed by atoms with E-state index in [0.717, 1.165) is 18.2 Å². The summed E-state index contributed by atoms with van der Waals surface area (Å²) in [5.41, 5.74) is 4.20. The van der Waals surface area contributed by atoms with Crippen LogP contribution < -0.4 is 5.73 Å². The van der Waals surface area contributed by atoms with Gasteiger partial charge in [0.1, 0.15) is 0 Å². The Labute approximate surface area is 158 Å². The summed E-state index contributed by atoms with van der Waals surface area (Å²) in [5, 5.41) is 22.7. The van der Waals surface area contributed by atoms with Crippen molar-refractivity contribution in [3.63, 3.8) is 0 Å². The van der Waals surface area contributed by atoms with E-state index in [1.807, 2.05) is 0 Å². The molecule has 1 aliphatic rings. The van der Waals surface area contributed by atoms with Crippen LogP contribution in [0.15, 0.2) is 18.2 Å². The molecule has 1 atom stereocenters. The number of imide groups is 1. The van der Waals surface area contributed by atoms with Gasteiger partial charge >= 0.3 is 5.97 Å². The van der Waals surface area contributed by atoms with Crippen LogP contribution in [0.2, 0.25) is 0 Å². The van der Waals surface area contributed by atoms with Crippen molar-refractivity contribution in [2.75, 3.05) is 6.54 Å². The number of benzene rings is 1. The minimum absolute atomic E-state index is 0.0882. The Balaban J connectivity index is 2.38. The number of amides is 2. The predicted octanol–water partition coefficient (Wildman–Crippen LogP) is 1.32. The molecule has 0 aromatic heterocycles. The molecule has 1 saturated heterocycles. The van der Waals surface area contributed by atoms with Crippen molar-refractivity contribution >= 4 is 29.2 Å². The Hall–Kier alpha value is -3.41. The second-order valence-corrected chi connectivity index (χ2v) is 6.09. The van der Waals surface area contributed by atoms with Crippen molar-refractivity contribution in [2.24, 2.45) is 5.73 Å². The van der Waals surface area contributed by atoms with Gasteiger partial charge in [-0.05, 0) is 25.5 Å². The fourth-order valence-corrected chi connectivity index (χ4v) is 2.80. The second-order valence-electron chi connectivity index (χ2n) is 6.09. The maximum absolute atomic E-state index is 12.6. The lowest BCUT2D eigenvalue weighted by Gasteiger charge is -2.19. The molecule has 0 saturated carbocycles. The zero-order valence-corrected chi connectivity index (χ0v) is 14.7. The Morgan fingerprint density at radius 3 is 2.32 bits per heavy atom. The molecule has 0 radical (unpaired) electrons. The largest absolute Gasteiger partial charge is 0.340 e. The van der Waals surface area contributed by atoms with Crippen LogP contribution in [0.4, 0.5) is 11.4 Å². The molecule has 2 rings (SSSR count). The SMILES string of the molecule is NCCCCC(C(=O)ON1C(=O)CCC1=O)c1ccc([N+](=O)[O-])cc1[N+](=O)[O-]. The zero-order valence-electron chi connectivity index (χ0n) is 14.7. The van der Waals surface area contributed by atoms with Crippen LogP contribution in [0, 0.1) is 20.2 Å². The molecule has 28 heavy (non-hydrogen) atoms. The highest BCUT2D eigenvalue weighted by atomic mass is 16.7. The van der Waals surface area contributed by atoms with Gasteiger partial charge in [0.25, 0.3) is 23.2 Å². The van der Waals surface area contributed by atoms with E-state index in [0.29, 0.717) is 24.4 Å². The lowest BCUT2D eigenvalue weighted by atomic mass is 9.92.